The number of benzene rings is 1. The van der Waals surface area contributed by atoms with E-state index in [9.17, 15) is 18.0 Å². The van der Waals surface area contributed by atoms with Crippen LogP contribution in [-0.2, 0) is 0 Å². The average Bonchev–Trinajstić information content (AvgIpc) is 2.14. The highest BCUT2D eigenvalue weighted by Gasteiger charge is 2.11. The third kappa shape index (κ3) is 2.13. The van der Waals surface area contributed by atoms with Crippen molar-refractivity contribution >= 4 is 11.7 Å². The van der Waals surface area contributed by atoms with Gasteiger partial charge in [0.25, 0.3) is 0 Å². The second-order valence-electron chi connectivity index (χ2n) is 2.35. The third-order valence-electron chi connectivity index (χ3n) is 1.37. The van der Waals surface area contributed by atoms with Crippen LogP contribution in [0.1, 0.15) is 0 Å². The lowest BCUT2D eigenvalue weighted by molar-refractivity contribution is 0.252. The maximum atomic E-state index is 12.6. The molecule has 0 saturated carbocycles. The van der Waals surface area contributed by atoms with Crippen LogP contribution in [0.5, 0.6) is 0 Å². The van der Waals surface area contributed by atoms with Crippen LogP contribution >= 0.6 is 0 Å². The zero-order valence-corrected chi connectivity index (χ0v) is 6.77. The van der Waals surface area contributed by atoms with E-state index in [1.54, 1.807) is 5.43 Å². The minimum atomic E-state index is -1.59. The number of amides is 2. The van der Waals surface area contributed by atoms with E-state index in [1.807, 2.05) is 5.32 Å². The molecular formula is C7H6F3N3O. The molecule has 0 aliphatic rings. The van der Waals surface area contributed by atoms with Gasteiger partial charge in [0.1, 0.15) is 0 Å². The minimum absolute atomic E-state index is 0.232. The van der Waals surface area contributed by atoms with E-state index in [0.29, 0.717) is 12.1 Å². The molecule has 4 N–H and O–H groups in total. The molecule has 1 aromatic rings. The summed E-state index contributed by atoms with van der Waals surface area (Å²) in [6.07, 6.45) is 0. The van der Waals surface area contributed by atoms with E-state index in [2.05, 4.69) is 0 Å². The molecule has 14 heavy (non-hydrogen) atoms. The van der Waals surface area contributed by atoms with Crippen molar-refractivity contribution in [3.8, 4) is 0 Å². The van der Waals surface area contributed by atoms with Crippen LogP contribution in [0, 0.1) is 17.5 Å². The Morgan fingerprint density at radius 1 is 1.21 bits per heavy atom. The summed E-state index contributed by atoms with van der Waals surface area (Å²) in [4.78, 5) is 10.6. The highest BCUT2D eigenvalue weighted by Crippen LogP contribution is 2.16. The molecule has 0 aliphatic carbocycles. The molecule has 0 bridgehead atoms. The molecule has 1 aromatic carbocycles. The molecule has 1 rings (SSSR count). The highest BCUT2D eigenvalue weighted by molar-refractivity contribution is 5.88. The molecule has 0 spiro atoms. The smallest absolute Gasteiger partial charge is 0.307 e. The van der Waals surface area contributed by atoms with E-state index in [4.69, 9.17) is 5.84 Å². The van der Waals surface area contributed by atoms with Gasteiger partial charge >= 0.3 is 6.03 Å². The van der Waals surface area contributed by atoms with Crippen molar-refractivity contribution in [2.45, 2.75) is 0 Å². The van der Waals surface area contributed by atoms with E-state index in [1.165, 1.54) is 0 Å². The molecule has 0 atom stereocenters. The molecule has 2 amide bonds. The predicted molar refractivity (Wildman–Crippen MR) is 42.7 cm³/mol. The molecule has 76 valence electrons. The quantitative estimate of drug-likeness (QED) is 0.278. The summed E-state index contributed by atoms with van der Waals surface area (Å²) >= 11 is 0. The van der Waals surface area contributed by atoms with E-state index >= 15 is 0 Å². The number of hydrogen-bond acceptors (Lipinski definition) is 2. The first-order valence-corrected chi connectivity index (χ1v) is 3.46. The summed E-state index contributed by atoms with van der Waals surface area (Å²) in [5, 5.41) is 1.98. The summed E-state index contributed by atoms with van der Waals surface area (Å²) < 4.78 is 37.6. The number of urea groups is 1. The fourth-order valence-corrected chi connectivity index (χ4v) is 0.795. The van der Waals surface area contributed by atoms with Gasteiger partial charge in [0.2, 0.25) is 0 Å². The van der Waals surface area contributed by atoms with Crippen LogP contribution in [0.25, 0.3) is 0 Å². The number of rotatable bonds is 1. The SMILES string of the molecule is NNC(=O)Nc1cc(F)c(F)c(F)c1. The first-order chi connectivity index (χ1) is 6.54. The Bertz CT molecular complexity index is 346. The standard InChI is InChI=1S/C7H6F3N3O/c8-4-1-3(12-7(14)13-11)2-5(9)6(4)10/h1-2H,11H2,(H2,12,13,14). The normalized spacial score (nSPS) is 9.71. The van der Waals surface area contributed by atoms with Crippen molar-refractivity contribution in [2.24, 2.45) is 5.84 Å². The Labute approximate surface area is 76.9 Å². The largest absolute Gasteiger partial charge is 0.333 e. The Kier molecular flexibility index (Phi) is 2.92. The number of hydrazine groups is 1. The first kappa shape index (κ1) is 10.3. The molecule has 0 saturated heterocycles. The van der Waals surface area contributed by atoms with Crippen LogP contribution in [0.4, 0.5) is 23.7 Å². The Morgan fingerprint density at radius 2 is 1.71 bits per heavy atom. The molecule has 0 aromatic heterocycles. The lowest BCUT2D eigenvalue weighted by atomic mass is 10.3. The summed E-state index contributed by atoms with van der Waals surface area (Å²) in [5.41, 5.74) is 1.45. The minimum Gasteiger partial charge on any atom is -0.307 e. The highest BCUT2D eigenvalue weighted by atomic mass is 19.2. The molecule has 0 aliphatic heterocycles. The fourth-order valence-electron chi connectivity index (χ4n) is 0.795. The van der Waals surface area contributed by atoms with Crippen molar-refractivity contribution < 1.29 is 18.0 Å². The number of hydrogen-bond donors (Lipinski definition) is 3. The van der Waals surface area contributed by atoms with E-state index in [0.717, 1.165) is 0 Å². The zero-order valence-electron chi connectivity index (χ0n) is 6.77. The van der Waals surface area contributed by atoms with Crippen molar-refractivity contribution in [1.29, 1.82) is 0 Å². The molecule has 4 nitrogen and oxygen atoms in total. The van der Waals surface area contributed by atoms with Crippen LogP contribution in [-0.4, -0.2) is 6.03 Å². The van der Waals surface area contributed by atoms with Gasteiger partial charge < -0.3 is 5.32 Å². The number of nitrogens with two attached hydrogens (primary N) is 1. The van der Waals surface area contributed by atoms with Crippen LogP contribution in [0.15, 0.2) is 12.1 Å². The van der Waals surface area contributed by atoms with Gasteiger partial charge in [-0.2, -0.15) is 0 Å². The number of halogens is 3. The third-order valence-corrected chi connectivity index (χ3v) is 1.37. The van der Waals surface area contributed by atoms with Crippen molar-refractivity contribution in [3.63, 3.8) is 0 Å². The van der Waals surface area contributed by atoms with Gasteiger partial charge in [-0.05, 0) is 0 Å². The molecule has 0 heterocycles. The Morgan fingerprint density at radius 3 is 2.14 bits per heavy atom. The summed E-state index contributed by atoms with van der Waals surface area (Å²) in [6, 6.07) is 0.400. The first-order valence-electron chi connectivity index (χ1n) is 3.46. The Balaban J connectivity index is 2.95. The lowest BCUT2D eigenvalue weighted by Gasteiger charge is -2.04. The van der Waals surface area contributed by atoms with Gasteiger partial charge in [0.05, 0.1) is 0 Å². The Hall–Kier alpha value is -1.76. The number of carbonyl (C=O) groups excluding carboxylic acids is 1. The summed E-state index contributed by atoms with van der Waals surface area (Å²) in [7, 11) is 0. The predicted octanol–water partition coefficient (Wildman–Crippen LogP) is 1.10. The fraction of sp³-hybridized carbons (Fsp3) is 0. The van der Waals surface area contributed by atoms with Crippen molar-refractivity contribution in [2.75, 3.05) is 5.32 Å². The molecule has 7 heteroatoms. The lowest BCUT2D eigenvalue weighted by Crippen LogP contribution is -2.34. The van der Waals surface area contributed by atoms with Gasteiger partial charge in [-0.1, -0.05) is 0 Å². The molecule has 0 fully saturated rings. The summed E-state index contributed by atoms with van der Waals surface area (Å²) in [5.74, 6) is 0.326. The second-order valence-corrected chi connectivity index (χ2v) is 2.35. The molecule has 0 unspecified atom stereocenters. The average molecular weight is 205 g/mol. The van der Waals surface area contributed by atoms with Gasteiger partial charge in [0.15, 0.2) is 17.5 Å². The zero-order chi connectivity index (χ0) is 10.7. The second kappa shape index (κ2) is 3.97. The van der Waals surface area contributed by atoms with E-state index < -0.39 is 23.5 Å². The van der Waals surface area contributed by atoms with E-state index in [-0.39, 0.29) is 5.69 Å². The maximum absolute atomic E-state index is 12.6. The number of nitrogens with one attached hydrogen (secondary N) is 2. The number of carbonyl (C=O) groups is 1. The summed E-state index contributed by atoms with van der Waals surface area (Å²) in [6.45, 7) is 0. The van der Waals surface area contributed by atoms with Gasteiger partial charge in [0, 0.05) is 17.8 Å². The maximum Gasteiger partial charge on any atom is 0.333 e. The van der Waals surface area contributed by atoms with Gasteiger partial charge in [-0.15, -0.1) is 0 Å². The molecule has 0 radical (unpaired) electrons. The number of anilines is 1. The van der Waals surface area contributed by atoms with Crippen LogP contribution in [0.3, 0.4) is 0 Å². The van der Waals surface area contributed by atoms with Crippen LogP contribution < -0.4 is 16.6 Å². The van der Waals surface area contributed by atoms with Crippen molar-refractivity contribution in [3.05, 3.63) is 29.6 Å². The van der Waals surface area contributed by atoms with Crippen LogP contribution in [0.2, 0.25) is 0 Å². The van der Waals surface area contributed by atoms with Crippen molar-refractivity contribution in [1.82, 2.24) is 5.43 Å². The topological polar surface area (TPSA) is 67.1 Å². The molecular weight excluding hydrogens is 199 g/mol. The van der Waals surface area contributed by atoms with Gasteiger partial charge in [-0.25, -0.2) is 23.8 Å². The monoisotopic (exact) mass is 205 g/mol. The van der Waals surface area contributed by atoms with Gasteiger partial charge in [-0.3, -0.25) is 5.43 Å².